The lowest BCUT2D eigenvalue weighted by Crippen LogP contribution is -2.16. The Morgan fingerprint density at radius 1 is 0.958 bits per heavy atom. The molecule has 0 aliphatic carbocycles. The van der Waals surface area contributed by atoms with Crippen molar-refractivity contribution in [1.29, 1.82) is 5.26 Å². The lowest BCUT2D eigenvalue weighted by atomic mass is 9.81. The van der Waals surface area contributed by atoms with Crippen LogP contribution in [-0.4, -0.2) is 0 Å². The predicted octanol–water partition coefficient (Wildman–Crippen LogP) is 5.30. The van der Waals surface area contributed by atoms with Crippen LogP contribution < -0.4 is 4.74 Å². The van der Waals surface area contributed by atoms with Crippen LogP contribution in [0.25, 0.3) is 10.8 Å². The van der Waals surface area contributed by atoms with Crippen molar-refractivity contribution in [3.8, 4) is 11.8 Å². The minimum atomic E-state index is -0.454. The molecule has 3 heteroatoms. The van der Waals surface area contributed by atoms with Gasteiger partial charge in [0.2, 0.25) is 0 Å². The third kappa shape index (κ3) is 2.08. The SMILES string of the molecule is CC1=C(C#N)C(c2ccccc2F)c2ccc3ccccc3c2O1. The summed E-state index contributed by atoms with van der Waals surface area (Å²) in [6.45, 7) is 1.76. The third-order valence-corrected chi connectivity index (χ3v) is 4.48. The van der Waals surface area contributed by atoms with Gasteiger partial charge in [-0.05, 0) is 18.4 Å². The molecule has 1 aliphatic rings. The van der Waals surface area contributed by atoms with Crippen LogP contribution in [0.3, 0.4) is 0 Å². The number of nitrogens with zero attached hydrogens (tertiary/aromatic N) is 1. The van der Waals surface area contributed by atoms with Crippen molar-refractivity contribution in [3.63, 3.8) is 0 Å². The van der Waals surface area contributed by atoms with Gasteiger partial charge in [-0.25, -0.2) is 4.39 Å². The van der Waals surface area contributed by atoms with Gasteiger partial charge in [-0.1, -0.05) is 54.6 Å². The minimum Gasteiger partial charge on any atom is -0.460 e. The quantitative estimate of drug-likeness (QED) is 0.610. The number of nitriles is 1. The van der Waals surface area contributed by atoms with Crippen LogP contribution in [0.15, 0.2) is 72.0 Å². The molecule has 0 fully saturated rings. The fourth-order valence-corrected chi connectivity index (χ4v) is 3.34. The lowest BCUT2D eigenvalue weighted by molar-refractivity contribution is 0.405. The number of hydrogen-bond donors (Lipinski definition) is 0. The summed E-state index contributed by atoms with van der Waals surface area (Å²) in [6.07, 6.45) is 0. The van der Waals surface area contributed by atoms with Gasteiger partial charge in [0, 0.05) is 16.5 Å². The zero-order valence-corrected chi connectivity index (χ0v) is 13.1. The van der Waals surface area contributed by atoms with E-state index in [0.717, 1.165) is 16.3 Å². The Bertz CT molecular complexity index is 1030. The summed E-state index contributed by atoms with van der Waals surface area (Å²) in [5, 5.41) is 11.6. The monoisotopic (exact) mass is 315 g/mol. The molecule has 0 spiro atoms. The van der Waals surface area contributed by atoms with Crippen LogP contribution in [0, 0.1) is 17.1 Å². The van der Waals surface area contributed by atoms with Gasteiger partial charge in [0.05, 0.1) is 17.6 Å². The molecule has 116 valence electrons. The number of allylic oxidation sites excluding steroid dienone is 2. The van der Waals surface area contributed by atoms with E-state index in [1.165, 1.54) is 6.07 Å². The lowest BCUT2D eigenvalue weighted by Gasteiger charge is -2.28. The zero-order valence-electron chi connectivity index (χ0n) is 13.1. The molecule has 3 aromatic rings. The summed E-state index contributed by atoms with van der Waals surface area (Å²) in [5.41, 5.74) is 1.76. The molecule has 0 bridgehead atoms. The molecule has 1 heterocycles. The van der Waals surface area contributed by atoms with Crippen molar-refractivity contribution in [3.05, 3.63) is 88.9 Å². The maximum Gasteiger partial charge on any atom is 0.138 e. The molecule has 0 radical (unpaired) electrons. The van der Waals surface area contributed by atoms with Crippen LogP contribution in [0.4, 0.5) is 4.39 Å². The van der Waals surface area contributed by atoms with E-state index in [0.29, 0.717) is 22.6 Å². The van der Waals surface area contributed by atoms with Gasteiger partial charge < -0.3 is 4.74 Å². The molecule has 0 saturated heterocycles. The van der Waals surface area contributed by atoms with Crippen LogP contribution in [0.1, 0.15) is 24.0 Å². The molecule has 24 heavy (non-hydrogen) atoms. The number of halogens is 1. The maximum atomic E-state index is 14.4. The average molecular weight is 315 g/mol. The van der Waals surface area contributed by atoms with E-state index >= 15 is 0 Å². The minimum absolute atomic E-state index is 0.316. The van der Waals surface area contributed by atoms with Crippen LogP contribution in [0.2, 0.25) is 0 Å². The predicted molar refractivity (Wildman–Crippen MR) is 91.1 cm³/mol. The van der Waals surface area contributed by atoms with E-state index in [9.17, 15) is 9.65 Å². The van der Waals surface area contributed by atoms with E-state index in [1.807, 2.05) is 36.4 Å². The Kier molecular flexibility index (Phi) is 3.32. The summed E-state index contributed by atoms with van der Waals surface area (Å²) < 4.78 is 20.4. The highest BCUT2D eigenvalue weighted by atomic mass is 19.1. The van der Waals surface area contributed by atoms with Crippen LogP contribution in [0.5, 0.6) is 5.75 Å². The molecule has 1 aliphatic heterocycles. The normalized spacial score (nSPS) is 16.5. The molecule has 0 N–H and O–H groups in total. The van der Waals surface area contributed by atoms with E-state index in [1.54, 1.807) is 25.1 Å². The van der Waals surface area contributed by atoms with E-state index in [2.05, 4.69) is 6.07 Å². The van der Waals surface area contributed by atoms with Crippen LogP contribution in [-0.2, 0) is 0 Å². The summed E-state index contributed by atoms with van der Waals surface area (Å²) in [5.74, 6) is 0.459. The van der Waals surface area contributed by atoms with Crippen molar-refractivity contribution >= 4 is 10.8 Å². The summed E-state index contributed by atoms with van der Waals surface area (Å²) in [4.78, 5) is 0. The van der Waals surface area contributed by atoms with Crippen molar-refractivity contribution in [2.24, 2.45) is 0 Å². The van der Waals surface area contributed by atoms with E-state index in [4.69, 9.17) is 4.74 Å². The molecule has 1 unspecified atom stereocenters. The first-order valence-corrected chi connectivity index (χ1v) is 7.75. The number of rotatable bonds is 1. The molecule has 4 rings (SSSR count). The summed E-state index contributed by atoms with van der Waals surface area (Å²) in [6, 6.07) is 20.6. The first-order chi connectivity index (χ1) is 11.7. The smallest absolute Gasteiger partial charge is 0.138 e. The Hall–Kier alpha value is -3.12. The Morgan fingerprint density at radius 3 is 2.50 bits per heavy atom. The molecule has 3 aromatic carbocycles. The molecule has 1 atom stereocenters. The summed E-state index contributed by atoms with van der Waals surface area (Å²) in [7, 11) is 0. The standard InChI is InChI=1S/C21H14FNO/c1-13-18(12-23)20(16-8-4-5-9-19(16)22)17-11-10-14-6-2-3-7-15(14)21(17)24-13/h2-11,20H,1H3. The zero-order chi connectivity index (χ0) is 16.7. The van der Waals surface area contributed by atoms with Gasteiger partial charge in [-0.15, -0.1) is 0 Å². The Balaban J connectivity index is 2.05. The van der Waals surface area contributed by atoms with Crippen molar-refractivity contribution in [1.82, 2.24) is 0 Å². The van der Waals surface area contributed by atoms with Crippen molar-refractivity contribution < 1.29 is 9.13 Å². The third-order valence-electron chi connectivity index (χ3n) is 4.48. The number of hydrogen-bond acceptors (Lipinski definition) is 2. The number of fused-ring (bicyclic) bond motifs is 3. The Morgan fingerprint density at radius 2 is 1.71 bits per heavy atom. The average Bonchev–Trinajstić information content (AvgIpc) is 2.61. The second-order valence-electron chi connectivity index (χ2n) is 5.84. The topological polar surface area (TPSA) is 33.0 Å². The number of ether oxygens (including phenoxy) is 1. The van der Waals surface area contributed by atoms with Crippen LogP contribution >= 0.6 is 0 Å². The molecular formula is C21H14FNO. The fourth-order valence-electron chi connectivity index (χ4n) is 3.34. The molecule has 2 nitrogen and oxygen atoms in total. The molecule has 0 amide bonds. The van der Waals surface area contributed by atoms with Gasteiger partial charge in [-0.3, -0.25) is 0 Å². The molecule has 0 aromatic heterocycles. The highest BCUT2D eigenvalue weighted by molar-refractivity contribution is 5.90. The van der Waals surface area contributed by atoms with Gasteiger partial charge >= 0.3 is 0 Å². The first kappa shape index (κ1) is 14.5. The first-order valence-electron chi connectivity index (χ1n) is 7.75. The van der Waals surface area contributed by atoms with Gasteiger partial charge in [-0.2, -0.15) is 5.26 Å². The highest BCUT2D eigenvalue weighted by Crippen LogP contribution is 2.46. The second-order valence-corrected chi connectivity index (χ2v) is 5.84. The molecule has 0 saturated carbocycles. The molecular weight excluding hydrogens is 301 g/mol. The van der Waals surface area contributed by atoms with E-state index < -0.39 is 5.92 Å². The van der Waals surface area contributed by atoms with Crippen molar-refractivity contribution in [2.75, 3.05) is 0 Å². The van der Waals surface area contributed by atoms with Gasteiger partial charge in [0.1, 0.15) is 17.3 Å². The van der Waals surface area contributed by atoms with E-state index in [-0.39, 0.29) is 5.82 Å². The largest absolute Gasteiger partial charge is 0.460 e. The van der Waals surface area contributed by atoms with Gasteiger partial charge in [0.15, 0.2) is 0 Å². The maximum absolute atomic E-state index is 14.4. The summed E-state index contributed by atoms with van der Waals surface area (Å²) >= 11 is 0. The Labute approximate surface area is 139 Å². The van der Waals surface area contributed by atoms with Gasteiger partial charge in [0.25, 0.3) is 0 Å². The van der Waals surface area contributed by atoms with Crippen molar-refractivity contribution in [2.45, 2.75) is 12.8 Å². The second kappa shape index (κ2) is 5.50. The number of benzene rings is 3. The highest BCUT2D eigenvalue weighted by Gasteiger charge is 2.32. The fraction of sp³-hybridized carbons (Fsp3) is 0.0952.